The first-order valence-electron chi connectivity index (χ1n) is 12.0. The highest BCUT2D eigenvalue weighted by Gasteiger charge is 2.46. The lowest BCUT2D eigenvalue weighted by Gasteiger charge is -2.32. The predicted molar refractivity (Wildman–Crippen MR) is 127 cm³/mol. The summed E-state index contributed by atoms with van der Waals surface area (Å²) in [6.07, 6.45) is 21.4. The highest BCUT2D eigenvalue weighted by Crippen LogP contribution is 2.30. The van der Waals surface area contributed by atoms with E-state index in [0.29, 0.717) is 6.54 Å². The quantitative estimate of drug-likeness (QED) is 0.118. The van der Waals surface area contributed by atoms with Gasteiger partial charge in [0.15, 0.2) is 5.96 Å². The second-order valence-corrected chi connectivity index (χ2v) is 8.73. The van der Waals surface area contributed by atoms with Gasteiger partial charge in [-0.15, -0.1) is 6.58 Å². The number of nitrogens with two attached hydrogens (primary N) is 2. The number of hydrogen-bond donors (Lipinski definition) is 3. The fourth-order valence-electron chi connectivity index (χ4n) is 4.51. The summed E-state index contributed by atoms with van der Waals surface area (Å²) in [7, 11) is 0. The molecule has 0 bridgehead atoms. The molecule has 2 aliphatic heterocycles. The van der Waals surface area contributed by atoms with Gasteiger partial charge in [-0.2, -0.15) is 0 Å². The van der Waals surface area contributed by atoms with E-state index in [2.05, 4.69) is 27.1 Å². The van der Waals surface area contributed by atoms with E-state index in [9.17, 15) is 5.11 Å². The molecule has 0 aliphatic carbocycles. The van der Waals surface area contributed by atoms with Crippen molar-refractivity contribution in [2.45, 2.75) is 89.2 Å². The molecule has 0 aromatic carbocycles. The van der Waals surface area contributed by atoms with Crippen molar-refractivity contribution >= 4 is 11.8 Å². The van der Waals surface area contributed by atoms with E-state index >= 15 is 0 Å². The molecular weight excluding hydrogens is 374 g/mol. The Labute approximate surface area is 183 Å². The number of aliphatic hydroxyl groups is 1. The summed E-state index contributed by atoms with van der Waals surface area (Å²) in [6, 6.07) is 0. The molecular formula is C24H44N5O+. The van der Waals surface area contributed by atoms with Gasteiger partial charge in [-0.1, -0.05) is 44.6 Å². The zero-order valence-corrected chi connectivity index (χ0v) is 18.9. The van der Waals surface area contributed by atoms with Crippen LogP contribution in [-0.2, 0) is 0 Å². The van der Waals surface area contributed by atoms with Crippen LogP contribution in [0.5, 0.6) is 0 Å². The molecule has 170 valence electrons. The van der Waals surface area contributed by atoms with Gasteiger partial charge >= 0.3 is 0 Å². The van der Waals surface area contributed by atoms with Gasteiger partial charge in [0, 0.05) is 25.5 Å². The monoisotopic (exact) mass is 418 g/mol. The van der Waals surface area contributed by atoms with E-state index < -0.39 is 5.72 Å². The van der Waals surface area contributed by atoms with Crippen molar-refractivity contribution in [3.05, 3.63) is 24.8 Å². The third-order valence-electron chi connectivity index (χ3n) is 6.21. The van der Waals surface area contributed by atoms with Gasteiger partial charge in [-0.25, -0.2) is 4.90 Å². The van der Waals surface area contributed by atoms with Gasteiger partial charge in [-0.3, -0.25) is 9.57 Å². The van der Waals surface area contributed by atoms with Crippen LogP contribution in [-0.4, -0.2) is 58.3 Å². The Morgan fingerprint density at radius 1 is 1.10 bits per heavy atom. The first-order chi connectivity index (χ1) is 14.6. The van der Waals surface area contributed by atoms with E-state index in [0.717, 1.165) is 58.2 Å². The number of hydrogen-bond acceptors (Lipinski definition) is 3. The Hall–Kier alpha value is -1.82. The van der Waals surface area contributed by atoms with Crippen LogP contribution in [0.4, 0.5) is 0 Å². The molecule has 2 heterocycles. The largest absolute Gasteiger partial charge is 0.370 e. The molecule has 0 saturated carbocycles. The van der Waals surface area contributed by atoms with E-state index in [1.165, 1.54) is 50.8 Å². The average Bonchev–Trinajstić information content (AvgIpc) is 3.07. The zero-order chi connectivity index (χ0) is 21.7. The summed E-state index contributed by atoms with van der Waals surface area (Å²) in [4.78, 5) is 6.27. The van der Waals surface area contributed by atoms with E-state index in [1.807, 2.05) is 12.2 Å². The van der Waals surface area contributed by atoms with Crippen molar-refractivity contribution in [1.29, 1.82) is 0 Å². The molecule has 2 rings (SSSR count). The number of fused-ring (bicyclic) bond motifs is 1. The fraction of sp³-hybridized carbons (Fsp3) is 0.750. The molecule has 30 heavy (non-hydrogen) atoms. The Balaban J connectivity index is 1.67. The summed E-state index contributed by atoms with van der Waals surface area (Å²) in [5.41, 5.74) is 9.97. The van der Waals surface area contributed by atoms with Crippen LogP contribution in [0.3, 0.4) is 0 Å². The lowest BCUT2D eigenvalue weighted by Crippen LogP contribution is -2.52. The summed E-state index contributed by atoms with van der Waals surface area (Å²) >= 11 is 0. The number of guanidine groups is 1. The normalized spacial score (nSPS) is 20.5. The van der Waals surface area contributed by atoms with E-state index in [-0.39, 0.29) is 5.96 Å². The van der Waals surface area contributed by atoms with Gasteiger partial charge in [0.2, 0.25) is 5.72 Å². The smallest absolute Gasteiger partial charge is 0.274 e. The van der Waals surface area contributed by atoms with Gasteiger partial charge in [0.25, 0.3) is 5.84 Å². The Kier molecular flexibility index (Phi) is 11.0. The number of unbranched alkanes of at least 4 members (excludes halogenated alkanes) is 9. The molecule has 0 spiro atoms. The molecule has 0 amide bonds. The topological polar surface area (TPSA) is 90.9 Å². The van der Waals surface area contributed by atoms with Gasteiger partial charge in [0.1, 0.15) is 0 Å². The lowest BCUT2D eigenvalue weighted by atomic mass is 10.0. The van der Waals surface area contributed by atoms with Gasteiger partial charge in [-0.05, 0) is 38.2 Å². The molecule has 5 N–H and O–H groups in total. The predicted octanol–water partition coefficient (Wildman–Crippen LogP) is 3.50. The van der Waals surface area contributed by atoms with Crippen LogP contribution >= 0.6 is 0 Å². The maximum absolute atomic E-state index is 11.2. The van der Waals surface area contributed by atoms with E-state index in [4.69, 9.17) is 11.5 Å². The summed E-state index contributed by atoms with van der Waals surface area (Å²) in [5.74, 6) is 1.35. The highest BCUT2D eigenvalue weighted by molar-refractivity contribution is 5.92. The van der Waals surface area contributed by atoms with Crippen molar-refractivity contribution in [3.8, 4) is 0 Å². The van der Waals surface area contributed by atoms with Crippen LogP contribution in [0.2, 0.25) is 0 Å². The van der Waals surface area contributed by atoms with Crippen molar-refractivity contribution in [2.75, 3.05) is 26.2 Å². The fourth-order valence-corrected chi connectivity index (χ4v) is 4.51. The minimum atomic E-state index is -0.795. The molecule has 6 nitrogen and oxygen atoms in total. The Morgan fingerprint density at radius 2 is 1.80 bits per heavy atom. The number of amidine groups is 1. The standard InChI is InChI=1S/C24H44N5O/c1-2-3-4-5-6-7-8-9-10-11-16-24(30)17-15-22-28(20-14-21-29(22)24)19-13-12-18-27-23(25)26/h2,15,17,30H,1,3-14,16,18-21H2,(H4,25,26,27)/q+1. The summed E-state index contributed by atoms with van der Waals surface area (Å²) in [5, 5.41) is 11.2. The second kappa shape index (κ2) is 13.5. The lowest BCUT2D eigenvalue weighted by molar-refractivity contribution is -0.539. The van der Waals surface area contributed by atoms with Crippen LogP contribution in [0.25, 0.3) is 0 Å². The Morgan fingerprint density at radius 3 is 2.50 bits per heavy atom. The van der Waals surface area contributed by atoms with E-state index in [1.54, 1.807) is 0 Å². The third kappa shape index (κ3) is 8.13. The van der Waals surface area contributed by atoms with Crippen molar-refractivity contribution in [3.63, 3.8) is 0 Å². The molecule has 0 aromatic rings. The molecule has 6 heteroatoms. The average molecular weight is 419 g/mol. The number of aliphatic imine (C=N–C) groups is 1. The van der Waals surface area contributed by atoms with Crippen LogP contribution < -0.4 is 11.5 Å². The van der Waals surface area contributed by atoms with Crippen LogP contribution in [0.1, 0.15) is 83.5 Å². The Bertz CT molecular complexity index is 609. The summed E-state index contributed by atoms with van der Waals surface area (Å²) < 4.78 is 2.40. The number of rotatable bonds is 16. The molecule has 0 radical (unpaired) electrons. The number of nitrogens with zero attached hydrogens (tertiary/aromatic N) is 3. The first-order valence-corrected chi connectivity index (χ1v) is 12.0. The number of allylic oxidation sites excluding steroid dienone is 1. The van der Waals surface area contributed by atoms with Gasteiger partial charge < -0.3 is 16.6 Å². The maximum atomic E-state index is 11.2. The highest BCUT2D eigenvalue weighted by atomic mass is 16.3. The SMILES string of the molecule is C=CCCCCCCCCCCC1(O)C=CC2=[N+](CCCCN=C(N)N)CCCN21. The maximum Gasteiger partial charge on any atom is 0.274 e. The zero-order valence-electron chi connectivity index (χ0n) is 18.9. The molecule has 0 fully saturated rings. The third-order valence-corrected chi connectivity index (χ3v) is 6.21. The van der Waals surface area contributed by atoms with Crippen molar-refractivity contribution in [1.82, 2.24) is 4.90 Å². The van der Waals surface area contributed by atoms with Gasteiger partial charge in [0.05, 0.1) is 19.6 Å². The van der Waals surface area contributed by atoms with Crippen LogP contribution in [0.15, 0.2) is 29.8 Å². The molecule has 1 unspecified atom stereocenters. The molecule has 0 aromatic heterocycles. The minimum Gasteiger partial charge on any atom is -0.370 e. The second-order valence-electron chi connectivity index (χ2n) is 8.73. The summed E-state index contributed by atoms with van der Waals surface area (Å²) in [6.45, 7) is 7.44. The first kappa shape index (κ1) is 24.4. The minimum absolute atomic E-state index is 0.167. The molecule has 0 saturated heterocycles. The molecule has 2 aliphatic rings. The van der Waals surface area contributed by atoms with Crippen molar-refractivity contribution in [2.24, 2.45) is 16.5 Å². The van der Waals surface area contributed by atoms with Crippen molar-refractivity contribution < 1.29 is 9.68 Å². The van der Waals surface area contributed by atoms with Crippen LogP contribution in [0, 0.1) is 0 Å². The molecule has 1 atom stereocenters.